The molecule has 28 heavy (non-hydrogen) atoms. The number of benzene rings is 2. The highest BCUT2D eigenvalue weighted by molar-refractivity contribution is 6.03. The summed E-state index contributed by atoms with van der Waals surface area (Å²) in [5, 5.41) is 11.6. The van der Waals surface area contributed by atoms with Crippen molar-refractivity contribution in [3.05, 3.63) is 70.1 Å². The minimum Gasteiger partial charge on any atom is -0.497 e. The first kappa shape index (κ1) is 17.8. The van der Waals surface area contributed by atoms with Crippen molar-refractivity contribution in [2.75, 3.05) is 13.7 Å². The second-order valence-corrected chi connectivity index (χ2v) is 6.53. The Morgan fingerprint density at radius 3 is 2.68 bits per heavy atom. The van der Waals surface area contributed by atoms with Crippen LogP contribution in [0.15, 0.2) is 53.3 Å². The van der Waals surface area contributed by atoms with Gasteiger partial charge in [-0.25, -0.2) is 0 Å². The van der Waals surface area contributed by atoms with Gasteiger partial charge >= 0.3 is 0 Å². The van der Waals surface area contributed by atoms with Crippen molar-refractivity contribution >= 4 is 27.7 Å². The molecule has 2 aromatic carbocycles. The van der Waals surface area contributed by atoms with Gasteiger partial charge in [0.05, 0.1) is 18.0 Å². The van der Waals surface area contributed by atoms with Crippen LogP contribution in [0.1, 0.15) is 16.1 Å². The molecule has 4 rings (SSSR count). The summed E-state index contributed by atoms with van der Waals surface area (Å²) in [7, 11) is 1.58. The number of carbonyl (C=O) groups is 1. The number of hydrogen-bond donors (Lipinski definition) is 2. The lowest BCUT2D eigenvalue weighted by Gasteiger charge is -2.12. The molecule has 2 heterocycles. The van der Waals surface area contributed by atoms with Crippen LogP contribution >= 0.6 is 0 Å². The molecule has 0 bridgehead atoms. The van der Waals surface area contributed by atoms with Gasteiger partial charge in [-0.2, -0.15) is 5.10 Å². The van der Waals surface area contributed by atoms with E-state index in [2.05, 4.69) is 15.5 Å². The van der Waals surface area contributed by atoms with Crippen LogP contribution in [-0.4, -0.2) is 34.3 Å². The summed E-state index contributed by atoms with van der Waals surface area (Å²) in [5.74, 6) is 0.499. The zero-order valence-electron chi connectivity index (χ0n) is 15.7. The van der Waals surface area contributed by atoms with Crippen LogP contribution in [0.4, 0.5) is 0 Å². The lowest BCUT2D eigenvalue weighted by atomic mass is 10.1. The Morgan fingerprint density at radius 2 is 1.93 bits per heavy atom. The van der Waals surface area contributed by atoms with Gasteiger partial charge in [0.15, 0.2) is 0 Å². The lowest BCUT2D eigenvalue weighted by Crippen LogP contribution is -2.31. The fourth-order valence-electron chi connectivity index (χ4n) is 3.39. The number of carbonyl (C=O) groups excluding carboxylic acids is 1. The number of amides is 1. The van der Waals surface area contributed by atoms with E-state index in [1.54, 1.807) is 35.9 Å². The number of methoxy groups -OCH3 is 1. The Morgan fingerprint density at radius 1 is 1.18 bits per heavy atom. The van der Waals surface area contributed by atoms with Gasteiger partial charge in [-0.1, -0.05) is 18.2 Å². The SMILES string of the molecule is COc1ccc(C(=O)NCCn2c(=O)c3c(C)[nH]nc3c3ccccc32)cc1. The minimum absolute atomic E-state index is 0.112. The van der Waals surface area contributed by atoms with Gasteiger partial charge in [0, 0.05) is 29.7 Å². The highest BCUT2D eigenvalue weighted by atomic mass is 16.5. The van der Waals surface area contributed by atoms with Crippen LogP contribution in [0.3, 0.4) is 0 Å². The third kappa shape index (κ3) is 3.00. The lowest BCUT2D eigenvalue weighted by molar-refractivity contribution is 0.0952. The number of para-hydroxylation sites is 1. The summed E-state index contributed by atoms with van der Waals surface area (Å²) < 4.78 is 6.79. The largest absolute Gasteiger partial charge is 0.497 e. The zero-order valence-corrected chi connectivity index (χ0v) is 15.7. The summed E-state index contributed by atoms with van der Waals surface area (Å²) in [6.07, 6.45) is 0. The molecule has 0 saturated heterocycles. The van der Waals surface area contributed by atoms with Crippen LogP contribution in [0, 0.1) is 6.92 Å². The van der Waals surface area contributed by atoms with Gasteiger partial charge in [0.1, 0.15) is 11.3 Å². The summed E-state index contributed by atoms with van der Waals surface area (Å²) in [5.41, 5.74) is 2.64. The highest BCUT2D eigenvalue weighted by Gasteiger charge is 2.15. The van der Waals surface area contributed by atoms with E-state index in [0.29, 0.717) is 35.3 Å². The van der Waals surface area contributed by atoms with Crippen molar-refractivity contribution in [1.29, 1.82) is 0 Å². The van der Waals surface area contributed by atoms with Crippen LogP contribution in [0.5, 0.6) is 5.75 Å². The maximum Gasteiger partial charge on any atom is 0.262 e. The second-order valence-electron chi connectivity index (χ2n) is 6.53. The molecule has 0 aliphatic rings. The smallest absolute Gasteiger partial charge is 0.262 e. The van der Waals surface area contributed by atoms with Crippen molar-refractivity contribution in [3.8, 4) is 5.75 Å². The first-order chi connectivity index (χ1) is 13.6. The molecule has 0 aliphatic carbocycles. The molecule has 1 amide bonds. The Labute approximate surface area is 160 Å². The van der Waals surface area contributed by atoms with E-state index in [-0.39, 0.29) is 11.5 Å². The molecule has 2 N–H and O–H groups in total. The van der Waals surface area contributed by atoms with Crippen molar-refractivity contribution in [1.82, 2.24) is 20.1 Å². The van der Waals surface area contributed by atoms with E-state index in [1.807, 2.05) is 31.2 Å². The molecule has 0 aliphatic heterocycles. The van der Waals surface area contributed by atoms with E-state index >= 15 is 0 Å². The first-order valence-corrected chi connectivity index (χ1v) is 8.98. The van der Waals surface area contributed by atoms with Crippen LogP contribution in [0.25, 0.3) is 21.8 Å². The summed E-state index contributed by atoms with van der Waals surface area (Å²) in [6, 6.07) is 14.5. The van der Waals surface area contributed by atoms with Gasteiger partial charge in [-0.05, 0) is 37.3 Å². The number of nitrogens with zero attached hydrogens (tertiary/aromatic N) is 2. The third-order valence-electron chi connectivity index (χ3n) is 4.83. The molecule has 7 nitrogen and oxygen atoms in total. The molecule has 0 fully saturated rings. The fraction of sp³-hybridized carbons (Fsp3) is 0.190. The number of pyridine rings is 1. The molecule has 7 heteroatoms. The van der Waals surface area contributed by atoms with E-state index in [1.165, 1.54) is 0 Å². The quantitative estimate of drug-likeness (QED) is 0.560. The molecule has 0 saturated carbocycles. The predicted molar refractivity (Wildman–Crippen MR) is 108 cm³/mol. The van der Waals surface area contributed by atoms with Crippen molar-refractivity contribution < 1.29 is 9.53 Å². The standard InChI is InChI=1S/C21H20N4O3/c1-13-18-19(24-23-13)16-5-3-4-6-17(16)25(21(18)27)12-11-22-20(26)14-7-9-15(28-2)10-8-14/h3-10H,11-12H2,1-2H3,(H,22,26)(H,23,24). The third-order valence-corrected chi connectivity index (χ3v) is 4.83. The Balaban J connectivity index is 1.60. The molecular weight excluding hydrogens is 356 g/mol. The van der Waals surface area contributed by atoms with E-state index in [4.69, 9.17) is 4.74 Å². The highest BCUT2D eigenvalue weighted by Crippen LogP contribution is 2.22. The molecular formula is C21H20N4O3. The van der Waals surface area contributed by atoms with E-state index in [9.17, 15) is 9.59 Å². The number of rotatable bonds is 5. The average molecular weight is 376 g/mol. The number of aromatic amines is 1. The zero-order chi connectivity index (χ0) is 19.7. The number of aryl methyl sites for hydroxylation is 1. The summed E-state index contributed by atoms with van der Waals surface area (Å²) >= 11 is 0. The summed E-state index contributed by atoms with van der Waals surface area (Å²) in [6.45, 7) is 2.53. The summed E-state index contributed by atoms with van der Waals surface area (Å²) in [4.78, 5) is 25.4. The molecule has 2 aromatic heterocycles. The molecule has 142 valence electrons. The Bertz CT molecular complexity index is 1220. The fourth-order valence-corrected chi connectivity index (χ4v) is 3.39. The number of ether oxygens (including phenoxy) is 1. The number of nitrogens with one attached hydrogen (secondary N) is 2. The number of hydrogen-bond acceptors (Lipinski definition) is 4. The van der Waals surface area contributed by atoms with Crippen LogP contribution in [0.2, 0.25) is 0 Å². The predicted octanol–water partition coefficient (Wildman–Crippen LogP) is 2.62. The van der Waals surface area contributed by atoms with Crippen molar-refractivity contribution in [2.24, 2.45) is 0 Å². The molecule has 4 aromatic rings. The Hall–Kier alpha value is -3.61. The molecule has 0 spiro atoms. The second kappa shape index (κ2) is 7.19. The van der Waals surface area contributed by atoms with Crippen molar-refractivity contribution in [3.63, 3.8) is 0 Å². The maximum absolute atomic E-state index is 13.0. The van der Waals surface area contributed by atoms with Crippen LogP contribution in [-0.2, 0) is 6.54 Å². The average Bonchev–Trinajstić information content (AvgIpc) is 3.12. The van der Waals surface area contributed by atoms with E-state index < -0.39 is 0 Å². The monoisotopic (exact) mass is 376 g/mol. The molecule has 0 radical (unpaired) electrons. The number of H-pyrrole nitrogens is 1. The normalized spacial score (nSPS) is 11.1. The Kier molecular flexibility index (Phi) is 4.57. The molecule has 0 unspecified atom stereocenters. The van der Waals surface area contributed by atoms with Crippen molar-refractivity contribution in [2.45, 2.75) is 13.5 Å². The van der Waals surface area contributed by atoms with Gasteiger partial charge in [-0.3, -0.25) is 14.7 Å². The number of fused-ring (bicyclic) bond motifs is 3. The van der Waals surface area contributed by atoms with Crippen LogP contribution < -0.4 is 15.6 Å². The maximum atomic E-state index is 13.0. The van der Waals surface area contributed by atoms with Gasteiger partial charge < -0.3 is 14.6 Å². The first-order valence-electron chi connectivity index (χ1n) is 8.98. The van der Waals surface area contributed by atoms with Gasteiger partial charge in [0.25, 0.3) is 11.5 Å². The van der Waals surface area contributed by atoms with Gasteiger partial charge in [-0.15, -0.1) is 0 Å². The van der Waals surface area contributed by atoms with E-state index in [0.717, 1.165) is 16.6 Å². The number of aromatic nitrogens is 3. The molecule has 0 atom stereocenters. The minimum atomic E-state index is -0.194. The topological polar surface area (TPSA) is 89.0 Å². The van der Waals surface area contributed by atoms with Gasteiger partial charge in [0.2, 0.25) is 0 Å².